The van der Waals surface area contributed by atoms with E-state index in [0.29, 0.717) is 17.5 Å². The average molecular weight is 510 g/mol. The van der Waals surface area contributed by atoms with Crippen molar-refractivity contribution in [3.8, 4) is 0 Å². The van der Waals surface area contributed by atoms with E-state index in [-0.39, 0.29) is 17.4 Å². The summed E-state index contributed by atoms with van der Waals surface area (Å²) in [4.78, 5) is 13.0. The van der Waals surface area contributed by atoms with Gasteiger partial charge in [-0.15, -0.1) is 0 Å². The summed E-state index contributed by atoms with van der Waals surface area (Å²) in [6.07, 6.45) is 11.1. The second-order valence-corrected chi connectivity index (χ2v) is 11.7. The molecule has 6 rings (SSSR count). The first-order chi connectivity index (χ1) is 18.7. The number of aliphatic hydroxyl groups is 1. The van der Waals surface area contributed by atoms with Crippen LogP contribution in [0, 0.1) is 24.3 Å². The Labute approximate surface area is 226 Å². The number of hydrogen-bond acceptors (Lipinski definition) is 4. The third-order valence-electron chi connectivity index (χ3n) is 9.59. The summed E-state index contributed by atoms with van der Waals surface area (Å²) in [5.41, 5.74) is 3.24. The maximum absolute atomic E-state index is 11.2. The van der Waals surface area contributed by atoms with Crippen LogP contribution in [-0.4, -0.2) is 58.4 Å². The van der Waals surface area contributed by atoms with Gasteiger partial charge >= 0.3 is 0 Å². The van der Waals surface area contributed by atoms with Crippen LogP contribution in [0.5, 0.6) is 0 Å². The van der Waals surface area contributed by atoms with Crippen molar-refractivity contribution < 1.29 is 5.11 Å². The number of aliphatic hydroxyl groups excluding tert-OH is 1. The van der Waals surface area contributed by atoms with E-state index in [4.69, 9.17) is 6.57 Å². The second kappa shape index (κ2) is 10.9. The zero-order valence-corrected chi connectivity index (χ0v) is 22.2. The Morgan fingerprint density at radius 2 is 1.74 bits per heavy atom. The number of benzene rings is 2. The molecule has 2 aliphatic heterocycles. The molecule has 1 saturated carbocycles. The van der Waals surface area contributed by atoms with E-state index in [1.807, 2.05) is 24.7 Å². The predicted molar refractivity (Wildman–Crippen MR) is 151 cm³/mol. The molecule has 1 aliphatic carbocycles. The molecule has 1 aromatic heterocycles. The summed E-state index contributed by atoms with van der Waals surface area (Å²) < 4.78 is 2.25. The normalized spacial score (nSPS) is 24.6. The number of rotatable bonds is 8. The summed E-state index contributed by atoms with van der Waals surface area (Å²) in [6.45, 7) is 13.6. The van der Waals surface area contributed by atoms with Gasteiger partial charge in [-0.25, -0.2) is 9.83 Å². The maximum Gasteiger partial charge on any atom is 0.187 e. The van der Waals surface area contributed by atoms with Crippen LogP contribution in [0.4, 0.5) is 11.4 Å². The van der Waals surface area contributed by atoms with Gasteiger partial charge in [0.1, 0.15) is 0 Å². The van der Waals surface area contributed by atoms with Crippen LogP contribution in [0.2, 0.25) is 0 Å². The van der Waals surface area contributed by atoms with E-state index in [2.05, 4.69) is 72.9 Å². The highest BCUT2D eigenvalue weighted by Crippen LogP contribution is 2.51. The van der Waals surface area contributed by atoms with Crippen molar-refractivity contribution in [1.29, 1.82) is 0 Å². The summed E-state index contributed by atoms with van der Waals surface area (Å²) in [7, 11) is 0. The standard InChI is InChI=1S/C32H39N5O/c1-33-28-10-12-29(13-11-28)37-21-25(22-37)20-35-17-14-27(15-18-35)32(23-36-19-16-34-24-36,26-6-3-2-4-7-26)30-8-5-9-31(30)38/h2-4,6-7,10-13,16,19,24-25,27,30-31,38H,5,8-9,14-15,17-18,20-23H2/t30-,31-,32?/m0/s1. The van der Waals surface area contributed by atoms with E-state index in [1.165, 1.54) is 24.1 Å². The molecule has 3 aliphatic rings. The van der Waals surface area contributed by atoms with E-state index in [9.17, 15) is 5.11 Å². The maximum atomic E-state index is 11.2. The molecule has 2 saturated heterocycles. The van der Waals surface area contributed by atoms with Gasteiger partial charge in [0.2, 0.25) is 0 Å². The first kappa shape index (κ1) is 25.2. The predicted octanol–water partition coefficient (Wildman–Crippen LogP) is 5.38. The topological polar surface area (TPSA) is 48.9 Å². The number of imidazole rings is 1. The third-order valence-corrected chi connectivity index (χ3v) is 9.59. The van der Waals surface area contributed by atoms with E-state index < -0.39 is 0 Å². The van der Waals surface area contributed by atoms with Gasteiger partial charge in [0.15, 0.2) is 5.69 Å². The van der Waals surface area contributed by atoms with Crippen LogP contribution in [0.3, 0.4) is 0 Å². The van der Waals surface area contributed by atoms with Crippen LogP contribution >= 0.6 is 0 Å². The van der Waals surface area contributed by atoms with Crippen LogP contribution in [0.25, 0.3) is 4.85 Å². The molecule has 0 spiro atoms. The molecular formula is C32H39N5O. The van der Waals surface area contributed by atoms with E-state index >= 15 is 0 Å². The summed E-state index contributed by atoms with van der Waals surface area (Å²) in [6, 6.07) is 19.1. The number of aromatic nitrogens is 2. The fourth-order valence-electron chi connectivity index (χ4n) is 7.69. The Morgan fingerprint density at radius 1 is 0.974 bits per heavy atom. The number of hydrogen-bond donors (Lipinski definition) is 1. The number of piperidine rings is 1. The largest absolute Gasteiger partial charge is 0.393 e. The van der Waals surface area contributed by atoms with Crippen LogP contribution in [0.15, 0.2) is 73.3 Å². The molecular weight excluding hydrogens is 470 g/mol. The van der Waals surface area contributed by atoms with E-state index in [1.54, 1.807) is 0 Å². The Morgan fingerprint density at radius 3 is 2.37 bits per heavy atom. The molecule has 0 bridgehead atoms. The molecule has 198 valence electrons. The van der Waals surface area contributed by atoms with Gasteiger partial charge in [0, 0.05) is 55.6 Å². The highest BCUT2D eigenvalue weighted by molar-refractivity contribution is 5.56. The van der Waals surface area contributed by atoms with Crippen molar-refractivity contribution in [3.63, 3.8) is 0 Å². The molecule has 1 N–H and O–H groups in total. The lowest BCUT2D eigenvalue weighted by Crippen LogP contribution is -2.55. The summed E-state index contributed by atoms with van der Waals surface area (Å²) in [5.74, 6) is 1.51. The first-order valence-electron chi connectivity index (χ1n) is 14.3. The minimum Gasteiger partial charge on any atom is -0.393 e. The van der Waals surface area contributed by atoms with Crippen molar-refractivity contribution in [1.82, 2.24) is 14.5 Å². The fraction of sp³-hybridized carbons (Fsp3) is 0.500. The minimum atomic E-state index is -0.235. The molecule has 3 fully saturated rings. The van der Waals surface area contributed by atoms with Crippen molar-refractivity contribution in [2.45, 2.75) is 50.2 Å². The molecule has 3 atom stereocenters. The molecule has 2 aromatic carbocycles. The molecule has 38 heavy (non-hydrogen) atoms. The quantitative estimate of drug-likeness (QED) is 0.414. The summed E-state index contributed by atoms with van der Waals surface area (Å²) >= 11 is 0. The summed E-state index contributed by atoms with van der Waals surface area (Å²) in [5, 5.41) is 11.2. The SMILES string of the molecule is [C-]#[N+]c1ccc(N2CC(CN3CCC(C(Cn4ccnc4)(c4ccccc4)[C@H]4CCC[C@@H]4O)CC3)C2)cc1. The van der Waals surface area contributed by atoms with Gasteiger partial charge < -0.3 is 19.5 Å². The van der Waals surface area contributed by atoms with Gasteiger partial charge in [0.25, 0.3) is 0 Å². The zero-order valence-electron chi connectivity index (χ0n) is 22.2. The van der Waals surface area contributed by atoms with Gasteiger partial charge in [-0.1, -0.05) is 48.9 Å². The monoisotopic (exact) mass is 509 g/mol. The van der Waals surface area contributed by atoms with Crippen LogP contribution < -0.4 is 4.90 Å². The molecule has 1 unspecified atom stereocenters. The number of anilines is 1. The highest BCUT2D eigenvalue weighted by atomic mass is 16.3. The van der Waals surface area contributed by atoms with Crippen molar-refractivity contribution in [3.05, 3.63) is 90.3 Å². The lowest BCUT2D eigenvalue weighted by Gasteiger charge is -2.51. The van der Waals surface area contributed by atoms with Gasteiger partial charge in [-0.3, -0.25) is 0 Å². The first-order valence-corrected chi connectivity index (χ1v) is 14.3. The lowest BCUT2D eigenvalue weighted by molar-refractivity contribution is 0.0123. The van der Waals surface area contributed by atoms with Gasteiger partial charge in [0.05, 0.1) is 19.0 Å². The molecule has 6 nitrogen and oxygen atoms in total. The average Bonchev–Trinajstić information content (AvgIpc) is 3.62. The zero-order chi connectivity index (χ0) is 26.0. The fourth-order valence-corrected chi connectivity index (χ4v) is 7.69. The molecule has 0 amide bonds. The van der Waals surface area contributed by atoms with Crippen LogP contribution in [0.1, 0.15) is 37.7 Å². The number of likely N-dealkylation sites (tertiary alicyclic amines) is 1. The van der Waals surface area contributed by atoms with Crippen molar-refractivity contribution in [2.75, 3.05) is 37.6 Å². The molecule has 0 radical (unpaired) electrons. The van der Waals surface area contributed by atoms with Gasteiger partial charge in [-0.2, -0.15) is 0 Å². The Kier molecular flexibility index (Phi) is 7.23. The Hall–Kier alpha value is -3.14. The lowest BCUT2D eigenvalue weighted by atomic mass is 9.58. The second-order valence-electron chi connectivity index (χ2n) is 11.7. The minimum absolute atomic E-state index is 0.0886. The Balaban J connectivity index is 1.15. The third kappa shape index (κ3) is 4.86. The molecule has 3 aromatic rings. The molecule has 6 heteroatoms. The van der Waals surface area contributed by atoms with E-state index in [0.717, 1.165) is 58.5 Å². The Bertz CT molecular complexity index is 1210. The van der Waals surface area contributed by atoms with Crippen LogP contribution in [-0.2, 0) is 12.0 Å². The van der Waals surface area contributed by atoms with Crippen molar-refractivity contribution in [2.24, 2.45) is 17.8 Å². The number of nitrogens with zero attached hydrogens (tertiary/aromatic N) is 5. The molecule has 3 heterocycles. The van der Waals surface area contributed by atoms with Crippen molar-refractivity contribution >= 4 is 11.4 Å². The van der Waals surface area contributed by atoms with Gasteiger partial charge in [-0.05, 0) is 68.3 Å². The highest BCUT2D eigenvalue weighted by Gasteiger charge is 2.51. The smallest absolute Gasteiger partial charge is 0.187 e.